The van der Waals surface area contributed by atoms with Crippen LogP contribution in [-0.4, -0.2) is 40.2 Å². The molecule has 1 aromatic heterocycles. The Bertz CT molecular complexity index is 597. The largest absolute Gasteiger partial charge is 0.334 e. The molecule has 2 aliphatic rings. The lowest BCUT2D eigenvalue weighted by atomic mass is 10.1. The summed E-state index contributed by atoms with van der Waals surface area (Å²) in [6.45, 7) is 2.98. The van der Waals surface area contributed by atoms with Crippen LogP contribution in [0.1, 0.15) is 25.1 Å². The average molecular weight is 284 g/mol. The van der Waals surface area contributed by atoms with Crippen LogP contribution in [0.15, 0.2) is 34.9 Å². The number of nitrogens with zero attached hydrogens (tertiary/aromatic N) is 3. The van der Waals surface area contributed by atoms with Crippen molar-refractivity contribution < 1.29 is 4.52 Å². The third kappa shape index (κ3) is 2.84. The van der Waals surface area contributed by atoms with Gasteiger partial charge in [-0.3, -0.25) is 4.90 Å². The van der Waals surface area contributed by atoms with E-state index < -0.39 is 0 Å². The predicted molar refractivity (Wildman–Crippen MR) is 79.6 cm³/mol. The van der Waals surface area contributed by atoms with Gasteiger partial charge in [-0.25, -0.2) is 0 Å². The SMILES string of the molecule is c1ccc(-c2nc(CN3CCC4CCC(C3)N4)no2)cc1. The zero-order valence-electron chi connectivity index (χ0n) is 12.0. The first-order valence-corrected chi connectivity index (χ1v) is 7.73. The van der Waals surface area contributed by atoms with Gasteiger partial charge in [0.2, 0.25) is 0 Å². The van der Waals surface area contributed by atoms with Gasteiger partial charge >= 0.3 is 0 Å². The van der Waals surface area contributed by atoms with Crippen molar-refractivity contribution in [2.45, 2.75) is 37.9 Å². The molecule has 2 atom stereocenters. The molecular weight excluding hydrogens is 264 g/mol. The number of benzene rings is 1. The Morgan fingerprint density at radius 1 is 1.14 bits per heavy atom. The third-order valence-corrected chi connectivity index (χ3v) is 4.46. The Balaban J connectivity index is 1.44. The van der Waals surface area contributed by atoms with Gasteiger partial charge in [-0.1, -0.05) is 23.4 Å². The molecule has 2 unspecified atom stereocenters. The molecule has 5 heteroatoms. The van der Waals surface area contributed by atoms with Crippen LogP contribution < -0.4 is 5.32 Å². The van der Waals surface area contributed by atoms with Crippen molar-refractivity contribution in [3.05, 3.63) is 36.2 Å². The summed E-state index contributed by atoms with van der Waals surface area (Å²) < 4.78 is 5.38. The Labute approximate surface area is 124 Å². The smallest absolute Gasteiger partial charge is 0.257 e. The second kappa shape index (κ2) is 5.58. The number of aromatic nitrogens is 2. The van der Waals surface area contributed by atoms with Gasteiger partial charge in [0.1, 0.15) is 0 Å². The molecule has 0 aliphatic carbocycles. The van der Waals surface area contributed by atoms with Gasteiger partial charge in [-0.15, -0.1) is 0 Å². The highest BCUT2D eigenvalue weighted by Crippen LogP contribution is 2.22. The van der Waals surface area contributed by atoms with Crippen LogP contribution in [-0.2, 0) is 6.54 Å². The highest BCUT2D eigenvalue weighted by atomic mass is 16.5. The third-order valence-electron chi connectivity index (χ3n) is 4.46. The number of rotatable bonds is 3. The van der Waals surface area contributed by atoms with Crippen LogP contribution in [0.4, 0.5) is 0 Å². The Morgan fingerprint density at radius 3 is 2.90 bits per heavy atom. The molecule has 0 saturated carbocycles. The van der Waals surface area contributed by atoms with E-state index in [0.29, 0.717) is 18.0 Å². The lowest BCUT2D eigenvalue weighted by molar-refractivity contribution is 0.241. The van der Waals surface area contributed by atoms with Crippen LogP contribution in [0.2, 0.25) is 0 Å². The summed E-state index contributed by atoms with van der Waals surface area (Å²) in [6.07, 6.45) is 3.85. The molecule has 0 spiro atoms. The van der Waals surface area contributed by atoms with Crippen molar-refractivity contribution in [2.24, 2.45) is 0 Å². The minimum absolute atomic E-state index is 0.611. The summed E-state index contributed by atoms with van der Waals surface area (Å²) >= 11 is 0. The predicted octanol–water partition coefficient (Wildman–Crippen LogP) is 2.06. The fraction of sp³-hybridized carbons (Fsp3) is 0.500. The molecular formula is C16H20N4O. The van der Waals surface area contributed by atoms with Gasteiger partial charge < -0.3 is 9.84 Å². The molecule has 2 aliphatic heterocycles. The maximum Gasteiger partial charge on any atom is 0.257 e. The average Bonchev–Trinajstić information content (AvgIpc) is 3.09. The maximum atomic E-state index is 5.38. The lowest BCUT2D eigenvalue weighted by Gasteiger charge is -2.22. The van der Waals surface area contributed by atoms with E-state index in [-0.39, 0.29) is 0 Å². The van der Waals surface area contributed by atoms with Crippen LogP contribution in [0.25, 0.3) is 11.5 Å². The molecule has 21 heavy (non-hydrogen) atoms. The minimum Gasteiger partial charge on any atom is -0.334 e. The van der Waals surface area contributed by atoms with Gasteiger partial charge in [0, 0.05) is 30.7 Å². The Morgan fingerprint density at radius 2 is 2.00 bits per heavy atom. The minimum atomic E-state index is 0.611. The molecule has 2 fully saturated rings. The summed E-state index contributed by atoms with van der Waals surface area (Å²) in [4.78, 5) is 6.97. The molecule has 2 bridgehead atoms. The zero-order chi connectivity index (χ0) is 14.1. The summed E-state index contributed by atoms with van der Waals surface area (Å²) in [5, 5.41) is 7.82. The number of fused-ring (bicyclic) bond motifs is 2. The van der Waals surface area contributed by atoms with Crippen LogP contribution in [0.3, 0.4) is 0 Å². The van der Waals surface area contributed by atoms with Gasteiger partial charge in [-0.2, -0.15) is 4.98 Å². The summed E-state index contributed by atoms with van der Waals surface area (Å²) in [5.41, 5.74) is 0.979. The van der Waals surface area contributed by atoms with Crippen molar-refractivity contribution in [3.63, 3.8) is 0 Å². The second-order valence-electron chi connectivity index (χ2n) is 6.04. The topological polar surface area (TPSA) is 54.2 Å². The van der Waals surface area contributed by atoms with E-state index in [2.05, 4.69) is 20.4 Å². The second-order valence-corrected chi connectivity index (χ2v) is 6.04. The van der Waals surface area contributed by atoms with Crippen molar-refractivity contribution in [2.75, 3.05) is 13.1 Å². The first-order chi connectivity index (χ1) is 10.4. The molecule has 0 radical (unpaired) electrons. The zero-order valence-corrected chi connectivity index (χ0v) is 12.0. The lowest BCUT2D eigenvalue weighted by Crippen LogP contribution is -2.35. The van der Waals surface area contributed by atoms with E-state index in [4.69, 9.17) is 4.52 Å². The number of hydrogen-bond acceptors (Lipinski definition) is 5. The molecule has 110 valence electrons. The highest BCUT2D eigenvalue weighted by molar-refractivity contribution is 5.51. The van der Waals surface area contributed by atoms with Crippen molar-refractivity contribution in [1.82, 2.24) is 20.4 Å². The van der Waals surface area contributed by atoms with Crippen LogP contribution in [0.5, 0.6) is 0 Å². The summed E-state index contributed by atoms with van der Waals surface area (Å²) in [6, 6.07) is 11.3. The molecule has 1 aromatic carbocycles. The van der Waals surface area contributed by atoms with Gasteiger partial charge in [0.25, 0.3) is 5.89 Å². The highest BCUT2D eigenvalue weighted by Gasteiger charge is 2.29. The standard InChI is InChI=1S/C16H20N4O/c1-2-4-12(5-3-1)16-18-15(19-21-16)11-20-9-8-13-6-7-14(10-20)17-13/h1-5,13-14,17H,6-11H2. The first kappa shape index (κ1) is 13.0. The Kier molecular flexibility index (Phi) is 3.45. The molecule has 0 amide bonds. The van der Waals surface area contributed by atoms with Crippen molar-refractivity contribution in [1.29, 1.82) is 0 Å². The first-order valence-electron chi connectivity index (χ1n) is 7.73. The van der Waals surface area contributed by atoms with Gasteiger partial charge in [0.05, 0.1) is 6.54 Å². The van der Waals surface area contributed by atoms with Crippen molar-refractivity contribution >= 4 is 0 Å². The normalized spacial score (nSPS) is 25.9. The molecule has 5 nitrogen and oxygen atoms in total. The van der Waals surface area contributed by atoms with E-state index in [1.807, 2.05) is 30.3 Å². The molecule has 2 aromatic rings. The van der Waals surface area contributed by atoms with Crippen LogP contribution in [0, 0.1) is 0 Å². The molecule has 4 rings (SSSR count). The summed E-state index contributed by atoms with van der Waals surface area (Å²) in [7, 11) is 0. The maximum absolute atomic E-state index is 5.38. The van der Waals surface area contributed by atoms with Gasteiger partial charge in [-0.05, 0) is 31.4 Å². The number of nitrogens with one attached hydrogen (secondary N) is 1. The van der Waals surface area contributed by atoms with E-state index in [0.717, 1.165) is 31.0 Å². The number of likely N-dealkylation sites (tertiary alicyclic amines) is 1. The van der Waals surface area contributed by atoms with Crippen molar-refractivity contribution in [3.8, 4) is 11.5 Å². The summed E-state index contributed by atoms with van der Waals surface area (Å²) in [5.74, 6) is 1.40. The van der Waals surface area contributed by atoms with E-state index in [9.17, 15) is 0 Å². The fourth-order valence-electron chi connectivity index (χ4n) is 3.38. The molecule has 3 heterocycles. The monoisotopic (exact) mass is 284 g/mol. The van der Waals surface area contributed by atoms with Gasteiger partial charge in [0.15, 0.2) is 5.82 Å². The Hall–Kier alpha value is -1.72. The quantitative estimate of drug-likeness (QED) is 0.935. The molecule has 1 N–H and O–H groups in total. The van der Waals surface area contributed by atoms with E-state index in [1.54, 1.807) is 0 Å². The van der Waals surface area contributed by atoms with E-state index in [1.165, 1.54) is 19.3 Å². The molecule has 2 saturated heterocycles. The van der Waals surface area contributed by atoms with Crippen LogP contribution >= 0.6 is 0 Å². The van der Waals surface area contributed by atoms with E-state index >= 15 is 0 Å². The number of hydrogen-bond donors (Lipinski definition) is 1. The fourth-order valence-corrected chi connectivity index (χ4v) is 3.38.